The molecule has 1 saturated carbocycles. The van der Waals surface area contributed by atoms with Crippen LogP contribution >= 0.6 is 11.8 Å². The van der Waals surface area contributed by atoms with E-state index in [1.54, 1.807) is 18.7 Å². The summed E-state index contributed by atoms with van der Waals surface area (Å²) in [5.74, 6) is 0.399. The fourth-order valence-electron chi connectivity index (χ4n) is 2.64. The summed E-state index contributed by atoms with van der Waals surface area (Å²) in [7, 11) is -3.13. The first-order valence-electron chi connectivity index (χ1n) is 6.25. The molecule has 7 heteroatoms. The zero-order valence-electron chi connectivity index (χ0n) is 10.4. The van der Waals surface area contributed by atoms with Gasteiger partial charge in [0.25, 0.3) is 0 Å². The van der Waals surface area contributed by atoms with Gasteiger partial charge in [-0.25, -0.2) is 8.42 Å². The summed E-state index contributed by atoms with van der Waals surface area (Å²) in [5, 5.41) is 8.61. The second-order valence-electron chi connectivity index (χ2n) is 4.81. The van der Waals surface area contributed by atoms with E-state index in [9.17, 15) is 13.2 Å². The lowest BCUT2D eigenvalue weighted by Crippen LogP contribution is -2.59. The van der Waals surface area contributed by atoms with Crippen molar-refractivity contribution in [2.24, 2.45) is 5.92 Å². The molecule has 0 aromatic heterocycles. The smallest absolute Gasteiger partial charge is 0.308 e. The Labute approximate surface area is 112 Å². The lowest BCUT2D eigenvalue weighted by atomic mass is 9.78. The van der Waals surface area contributed by atoms with Gasteiger partial charge in [0, 0.05) is 29.8 Å². The van der Waals surface area contributed by atoms with Crippen molar-refractivity contribution in [1.29, 1.82) is 0 Å². The predicted octanol–water partition coefficient (Wildman–Crippen LogP) is 0.659. The minimum Gasteiger partial charge on any atom is -0.481 e. The molecule has 104 valence electrons. The van der Waals surface area contributed by atoms with Crippen molar-refractivity contribution in [3.63, 3.8) is 0 Å². The average molecular weight is 293 g/mol. The van der Waals surface area contributed by atoms with Crippen LogP contribution in [0, 0.1) is 5.92 Å². The Balaban J connectivity index is 2.16. The highest BCUT2D eigenvalue weighted by Crippen LogP contribution is 2.36. The molecular weight excluding hydrogens is 274 g/mol. The van der Waals surface area contributed by atoms with Crippen LogP contribution in [0.3, 0.4) is 0 Å². The fourth-order valence-corrected chi connectivity index (χ4v) is 5.72. The summed E-state index contributed by atoms with van der Waals surface area (Å²) in [5.41, 5.74) is 0. The Kier molecular flexibility index (Phi) is 4.23. The summed E-state index contributed by atoms with van der Waals surface area (Å²) in [6, 6.07) is -0.0882. The molecule has 0 aromatic carbocycles. The van der Waals surface area contributed by atoms with Crippen LogP contribution in [-0.4, -0.2) is 59.6 Å². The molecule has 5 nitrogen and oxygen atoms in total. The van der Waals surface area contributed by atoms with Gasteiger partial charge in [-0.2, -0.15) is 11.8 Å². The minimum atomic E-state index is -3.13. The van der Waals surface area contributed by atoms with Crippen molar-refractivity contribution < 1.29 is 18.3 Å². The van der Waals surface area contributed by atoms with Crippen molar-refractivity contribution in [3.05, 3.63) is 0 Å². The summed E-state index contributed by atoms with van der Waals surface area (Å²) >= 11 is 1.64. The monoisotopic (exact) mass is 293 g/mol. The number of thioether (sulfide) groups is 1. The van der Waals surface area contributed by atoms with Crippen LogP contribution in [0.5, 0.6) is 0 Å². The molecule has 0 bridgehead atoms. The molecule has 2 fully saturated rings. The van der Waals surface area contributed by atoms with Crippen LogP contribution in [0.15, 0.2) is 0 Å². The van der Waals surface area contributed by atoms with Crippen molar-refractivity contribution >= 4 is 27.6 Å². The first-order chi connectivity index (χ1) is 8.47. The SMILES string of the molecule is CCS(=O)(=O)C1CSCCN1C1CCC1C(=O)O. The van der Waals surface area contributed by atoms with E-state index in [0.29, 0.717) is 18.7 Å². The van der Waals surface area contributed by atoms with Gasteiger partial charge in [-0.15, -0.1) is 0 Å². The molecule has 1 aliphatic carbocycles. The van der Waals surface area contributed by atoms with E-state index >= 15 is 0 Å². The molecule has 2 rings (SSSR count). The third-order valence-electron chi connectivity index (χ3n) is 3.92. The Bertz CT molecular complexity index is 423. The Morgan fingerprint density at radius 2 is 2.17 bits per heavy atom. The van der Waals surface area contributed by atoms with Gasteiger partial charge in [-0.3, -0.25) is 9.69 Å². The maximum Gasteiger partial charge on any atom is 0.308 e. The zero-order chi connectivity index (χ0) is 13.3. The van der Waals surface area contributed by atoms with Crippen LogP contribution < -0.4 is 0 Å². The number of rotatable bonds is 4. The molecule has 3 atom stereocenters. The second-order valence-corrected chi connectivity index (χ2v) is 8.41. The van der Waals surface area contributed by atoms with Crippen LogP contribution in [0.25, 0.3) is 0 Å². The first kappa shape index (κ1) is 14.1. The summed E-state index contributed by atoms with van der Waals surface area (Å²) in [6.07, 6.45) is 1.47. The van der Waals surface area contributed by atoms with Gasteiger partial charge in [0.15, 0.2) is 9.84 Å². The highest BCUT2D eigenvalue weighted by atomic mass is 32.2. The topological polar surface area (TPSA) is 74.7 Å². The quantitative estimate of drug-likeness (QED) is 0.821. The van der Waals surface area contributed by atoms with E-state index in [-0.39, 0.29) is 17.7 Å². The average Bonchev–Trinajstić information content (AvgIpc) is 2.27. The summed E-state index contributed by atoms with van der Waals surface area (Å²) in [4.78, 5) is 13.0. The molecule has 0 aromatic rings. The van der Waals surface area contributed by atoms with Crippen LogP contribution in [0.1, 0.15) is 19.8 Å². The number of carbonyl (C=O) groups is 1. The number of nitrogens with zero attached hydrogens (tertiary/aromatic N) is 1. The number of aliphatic carboxylic acids is 1. The van der Waals surface area contributed by atoms with Crippen LogP contribution in [-0.2, 0) is 14.6 Å². The highest BCUT2D eigenvalue weighted by molar-refractivity contribution is 8.01. The van der Waals surface area contributed by atoms with Gasteiger partial charge in [-0.05, 0) is 12.8 Å². The van der Waals surface area contributed by atoms with Gasteiger partial charge in [0.2, 0.25) is 0 Å². The van der Waals surface area contributed by atoms with E-state index in [1.807, 2.05) is 4.90 Å². The standard InChI is InChI=1S/C11H19NO4S2/c1-2-18(15,16)10-7-17-6-5-12(10)9-4-3-8(9)11(13)14/h8-10H,2-7H2,1H3,(H,13,14). The number of carboxylic acid groups (broad SMARTS) is 1. The molecule has 1 aliphatic heterocycles. The van der Waals surface area contributed by atoms with E-state index in [0.717, 1.165) is 12.2 Å². The summed E-state index contributed by atoms with van der Waals surface area (Å²) < 4.78 is 24.2. The number of hydrogen-bond donors (Lipinski definition) is 1. The molecule has 3 unspecified atom stereocenters. The molecule has 2 aliphatic rings. The van der Waals surface area contributed by atoms with Gasteiger partial charge in [0.1, 0.15) is 5.37 Å². The lowest BCUT2D eigenvalue weighted by Gasteiger charge is -2.47. The highest BCUT2D eigenvalue weighted by Gasteiger charge is 2.46. The predicted molar refractivity (Wildman–Crippen MR) is 71.4 cm³/mol. The number of hydrogen-bond acceptors (Lipinski definition) is 5. The van der Waals surface area contributed by atoms with E-state index in [4.69, 9.17) is 5.11 Å². The van der Waals surface area contributed by atoms with Gasteiger partial charge in [-0.1, -0.05) is 6.92 Å². The largest absolute Gasteiger partial charge is 0.481 e. The lowest BCUT2D eigenvalue weighted by molar-refractivity contribution is -0.149. The molecule has 1 saturated heterocycles. The third kappa shape index (κ3) is 2.53. The molecule has 1 N–H and O–H groups in total. The van der Waals surface area contributed by atoms with Gasteiger partial charge in [0.05, 0.1) is 5.92 Å². The molecule has 0 amide bonds. The molecule has 0 radical (unpaired) electrons. The van der Waals surface area contributed by atoms with E-state index < -0.39 is 21.2 Å². The maximum absolute atomic E-state index is 12.1. The Morgan fingerprint density at radius 1 is 1.44 bits per heavy atom. The number of carboxylic acids is 1. The first-order valence-corrected chi connectivity index (χ1v) is 9.12. The summed E-state index contributed by atoms with van der Waals surface area (Å²) in [6.45, 7) is 2.34. The van der Waals surface area contributed by atoms with E-state index in [2.05, 4.69) is 0 Å². The van der Waals surface area contributed by atoms with Crippen molar-refractivity contribution in [2.75, 3.05) is 23.8 Å². The van der Waals surface area contributed by atoms with E-state index in [1.165, 1.54) is 0 Å². The van der Waals surface area contributed by atoms with Gasteiger partial charge >= 0.3 is 5.97 Å². The van der Waals surface area contributed by atoms with Crippen molar-refractivity contribution in [3.8, 4) is 0 Å². The Morgan fingerprint density at radius 3 is 2.67 bits per heavy atom. The fraction of sp³-hybridized carbons (Fsp3) is 0.909. The van der Waals surface area contributed by atoms with Crippen molar-refractivity contribution in [1.82, 2.24) is 4.90 Å². The number of sulfone groups is 1. The Hall–Kier alpha value is -0.270. The van der Waals surface area contributed by atoms with Crippen molar-refractivity contribution in [2.45, 2.75) is 31.2 Å². The maximum atomic E-state index is 12.1. The normalized spacial score (nSPS) is 33.9. The van der Waals surface area contributed by atoms with Crippen LogP contribution in [0.4, 0.5) is 0 Å². The molecular formula is C11H19NO4S2. The van der Waals surface area contributed by atoms with Crippen LogP contribution in [0.2, 0.25) is 0 Å². The third-order valence-corrected chi connectivity index (χ3v) is 7.23. The molecule has 18 heavy (non-hydrogen) atoms. The molecule has 1 heterocycles. The second kappa shape index (κ2) is 5.38. The van der Waals surface area contributed by atoms with Gasteiger partial charge < -0.3 is 5.11 Å². The molecule has 0 spiro atoms. The minimum absolute atomic E-state index is 0.0882. The zero-order valence-corrected chi connectivity index (χ0v) is 12.0.